The summed E-state index contributed by atoms with van der Waals surface area (Å²) in [6.07, 6.45) is 3.99. The number of oxime groups is 1. The number of unbranched alkanes of at least 4 members (excludes halogenated alkanes) is 3. The molecule has 9 heteroatoms. The van der Waals surface area contributed by atoms with Gasteiger partial charge >= 0.3 is 5.97 Å². The number of nitrogens with zero attached hydrogens (tertiary/aromatic N) is 1. The molecule has 2 rings (SSSR count). The first kappa shape index (κ1) is 25.5. The average Bonchev–Trinajstić information content (AvgIpc) is 3.02. The molecule has 1 aromatic rings. The monoisotopic (exact) mass is 459 g/mol. The van der Waals surface area contributed by atoms with Crippen molar-refractivity contribution in [1.29, 1.82) is 0 Å². The third-order valence-corrected chi connectivity index (χ3v) is 6.99. The van der Waals surface area contributed by atoms with Crippen LogP contribution >= 0.6 is 11.8 Å². The van der Waals surface area contributed by atoms with E-state index in [1.807, 2.05) is 0 Å². The van der Waals surface area contributed by atoms with E-state index in [2.05, 4.69) is 5.16 Å². The van der Waals surface area contributed by atoms with Gasteiger partial charge in [-0.3, -0.25) is 4.79 Å². The van der Waals surface area contributed by atoms with E-state index in [4.69, 9.17) is 5.11 Å². The molecule has 4 unspecified atom stereocenters. The predicted octanol–water partition coefficient (Wildman–Crippen LogP) is 4.45. The second kappa shape index (κ2) is 13.0. The minimum absolute atomic E-state index is 0.0697. The number of carbonyl (C=O) groups is 1. The summed E-state index contributed by atoms with van der Waals surface area (Å²) < 4.78 is 26.7. The molecule has 0 aromatic heterocycles. The highest BCUT2D eigenvalue weighted by atomic mass is 32.2. The van der Waals surface area contributed by atoms with Gasteiger partial charge in [-0.15, -0.1) is 11.8 Å². The van der Waals surface area contributed by atoms with E-state index in [1.54, 1.807) is 0 Å². The van der Waals surface area contributed by atoms with Crippen LogP contribution in [0, 0.1) is 23.5 Å². The molecule has 174 valence electrons. The summed E-state index contributed by atoms with van der Waals surface area (Å²) in [4.78, 5) is 10.8. The highest BCUT2D eigenvalue weighted by Gasteiger charge is 2.39. The third kappa shape index (κ3) is 8.38. The number of aliphatic carboxylic acids is 1. The fourth-order valence-electron chi connectivity index (χ4n) is 4.16. The van der Waals surface area contributed by atoms with Gasteiger partial charge < -0.3 is 20.5 Å². The lowest BCUT2D eigenvalue weighted by molar-refractivity contribution is -0.137. The fraction of sp³-hybridized carbons (Fsp3) is 0.636. The number of thioether (sulfide) groups is 1. The van der Waals surface area contributed by atoms with Crippen LogP contribution in [-0.4, -0.2) is 50.2 Å². The first-order valence-electron chi connectivity index (χ1n) is 10.7. The third-order valence-electron chi connectivity index (χ3n) is 5.80. The molecule has 6 nitrogen and oxygen atoms in total. The molecule has 31 heavy (non-hydrogen) atoms. The Morgan fingerprint density at radius 3 is 2.61 bits per heavy atom. The lowest BCUT2D eigenvalue weighted by atomic mass is 9.85. The van der Waals surface area contributed by atoms with Crippen LogP contribution in [0.25, 0.3) is 0 Å². The van der Waals surface area contributed by atoms with Crippen molar-refractivity contribution >= 4 is 23.4 Å². The van der Waals surface area contributed by atoms with Gasteiger partial charge in [-0.25, -0.2) is 8.78 Å². The van der Waals surface area contributed by atoms with Crippen molar-refractivity contribution in [3.8, 4) is 0 Å². The maximum atomic E-state index is 13.7. The first-order valence-corrected chi connectivity index (χ1v) is 11.7. The molecule has 4 N–H and O–H groups in total. The standard InChI is InChI=1S/C22H31F2NO5S/c23-14-7-10-21(18(24)11-14)31-13-15(26)8-9-16-17(20(27)12-19(16)25-30)5-3-1-2-4-6-22(28)29/h7,10-11,15-17,20,26-27,30H,1-6,8-9,12-13H2,(H,28,29)/b25-19-. The van der Waals surface area contributed by atoms with Gasteiger partial charge in [0.2, 0.25) is 0 Å². The van der Waals surface area contributed by atoms with Gasteiger partial charge in [0.05, 0.1) is 17.9 Å². The SMILES string of the molecule is O=C(O)CCCCCCC1C(O)C/C(=N/O)C1CCC(O)CSc1ccc(F)cc1F. The van der Waals surface area contributed by atoms with Crippen molar-refractivity contribution < 1.29 is 34.1 Å². The van der Waals surface area contributed by atoms with Crippen molar-refractivity contribution in [2.75, 3.05) is 5.75 Å². The molecule has 1 saturated carbocycles. The number of benzene rings is 1. The number of halogens is 2. The van der Waals surface area contributed by atoms with E-state index in [9.17, 15) is 29.0 Å². The minimum Gasteiger partial charge on any atom is -0.481 e. The zero-order valence-corrected chi connectivity index (χ0v) is 18.2. The van der Waals surface area contributed by atoms with E-state index in [0.717, 1.165) is 43.5 Å². The zero-order valence-electron chi connectivity index (χ0n) is 17.4. The maximum Gasteiger partial charge on any atom is 0.303 e. The van der Waals surface area contributed by atoms with E-state index >= 15 is 0 Å². The van der Waals surface area contributed by atoms with Crippen LogP contribution in [0.1, 0.15) is 57.8 Å². The first-order chi connectivity index (χ1) is 14.8. The van der Waals surface area contributed by atoms with Crippen molar-refractivity contribution in [3.05, 3.63) is 29.8 Å². The second-order valence-electron chi connectivity index (χ2n) is 8.10. The minimum atomic E-state index is -0.797. The topological polar surface area (TPSA) is 110 Å². The quantitative estimate of drug-likeness (QED) is 0.150. The van der Waals surface area contributed by atoms with Crippen LogP contribution in [0.15, 0.2) is 28.3 Å². The Morgan fingerprint density at radius 2 is 1.94 bits per heavy atom. The van der Waals surface area contributed by atoms with Crippen molar-refractivity contribution in [1.82, 2.24) is 0 Å². The van der Waals surface area contributed by atoms with Gasteiger partial charge in [-0.05, 0) is 43.7 Å². The molecular formula is C22H31F2NO5S. The summed E-state index contributed by atoms with van der Waals surface area (Å²) in [7, 11) is 0. The van der Waals surface area contributed by atoms with E-state index in [0.29, 0.717) is 31.4 Å². The van der Waals surface area contributed by atoms with Crippen LogP contribution in [-0.2, 0) is 4.79 Å². The largest absolute Gasteiger partial charge is 0.481 e. The van der Waals surface area contributed by atoms with Crippen LogP contribution in [0.2, 0.25) is 0 Å². The van der Waals surface area contributed by atoms with E-state index in [1.165, 1.54) is 12.1 Å². The number of carboxylic acids is 1. The molecule has 0 radical (unpaired) electrons. The van der Waals surface area contributed by atoms with Gasteiger partial charge in [-0.1, -0.05) is 24.4 Å². The second-order valence-corrected chi connectivity index (χ2v) is 9.16. The fourth-order valence-corrected chi connectivity index (χ4v) is 5.06. The van der Waals surface area contributed by atoms with Gasteiger partial charge in [0.15, 0.2) is 0 Å². The highest BCUT2D eigenvalue weighted by Crippen LogP contribution is 2.37. The molecule has 0 amide bonds. The molecule has 0 aliphatic heterocycles. The number of hydrogen-bond donors (Lipinski definition) is 4. The normalized spacial score (nSPS) is 23.4. The van der Waals surface area contributed by atoms with E-state index in [-0.39, 0.29) is 28.9 Å². The van der Waals surface area contributed by atoms with E-state index < -0.39 is 29.8 Å². The Bertz CT molecular complexity index is 749. The lowest BCUT2D eigenvalue weighted by Gasteiger charge is -2.23. The molecule has 0 spiro atoms. The number of carboxylic acid groups (broad SMARTS) is 1. The number of rotatable bonds is 13. The summed E-state index contributed by atoms with van der Waals surface area (Å²) in [6.45, 7) is 0. The smallest absolute Gasteiger partial charge is 0.303 e. The summed E-state index contributed by atoms with van der Waals surface area (Å²) in [5.74, 6) is -2.06. The van der Waals surface area contributed by atoms with Crippen LogP contribution in [0.5, 0.6) is 0 Å². The highest BCUT2D eigenvalue weighted by molar-refractivity contribution is 7.99. The van der Waals surface area contributed by atoms with Crippen LogP contribution in [0.4, 0.5) is 8.78 Å². The predicted molar refractivity (Wildman–Crippen MR) is 114 cm³/mol. The van der Waals surface area contributed by atoms with Gasteiger partial charge in [0, 0.05) is 35.5 Å². The Balaban J connectivity index is 1.79. The van der Waals surface area contributed by atoms with Crippen LogP contribution < -0.4 is 0 Å². The Hall–Kier alpha value is -1.71. The summed E-state index contributed by atoms with van der Waals surface area (Å²) in [5, 5.41) is 42.1. The average molecular weight is 460 g/mol. The summed E-state index contributed by atoms with van der Waals surface area (Å²) in [5.41, 5.74) is 0.535. The lowest BCUT2D eigenvalue weighted by Crippen LogP contribution is -2.23. The molecule has 1 fully saturated rings. The Morgan fingerprint density at radius 1 is 1.19 bits per heavy atom. The van der Waals surface area contributed by atoms with Gasteiger partial charge in [-0.2, -0.15) is 0 Å². The van der Waals surface area contributed by atoms with Crippen molar-refractivity contribution in [2.45, 2.75) is 74.9 Å². The summed E-state index contributed by atoms with van der Waals surface area (Å²) >= 11 is 1.12. The number of aliphatic hydroxyl groups excluding tert-OH is 2. The maximum absolute atomic E-state index is 13.7. The molecule has 0 heterocycles. The molecule has 1 aliphatic carbocycles. The Kier molecular flexibility index (Phi) is 10.7. The number of hydrogen-bond acceptors (Lipinski definition) is 6. The number of aliphatic hydroxyl groups is 2. The van der Waals surface area contributed by atoms with Crippen LogP contribution in [0.3, 0.4) is 0 Å². The zero-order chi connectivity index (χ0) is 22.8. The van der Waals surface area contributed by atoms with Crippen molar-refractivity contribution in [2.24, 2.45) is 17.0 Å². The molecule has 4 atom stereocenters. The van der Waals surface area contributed by atoms with Gasteiger partial charge in [0.25, 0.3) is 0 Å². The molecule has 0 saturated heterocycles. The Labute approximate surface area is 185 Å². The summed E-state index contributed by atoms with van der Waals surface area (Å²) in [6, 6.07) is 3.33. The molecular weight excluding hydrogens is 428 g/mol. The van der Waals surface area contributed by atoms with Gasteiger partial charge in [0.1, 0.15) is 11.6 Å². The molecule has 1 aliphatic rings. The van der Waals surface area contributed by atoms with Crippen molar-refractivity contribution in [3.63, 3.8) is 0 Å². The molecule has 1 aromatic carbocycles. The molecule has 0 bridgehead atoms.